The summed E-state index contributed by atoms with van der Waals surface area (Å²) in [5.41, 5.74) is 1.29. The van der Waals surface area contributed by atoms with Crippen molar-refractivity contribution < 1.29 is 9.32 Å². The summed E-state index contributed by atoms with van der Waals surface area (Å²) in [5, 5.41) is 8.75. The van der Waals surface area contributed by atoms with Gasteiger partial charge in [-0.25, -0.2) is 0 Å². The first-order valence-corrected chi connectivity index (χ1v) is 7.15. The molecule has 1 aliphatic carbocycles. The molecule has 100 valence electrons. The van der Waals surface area contributed by atoms with Gasteiger partial charge in [-0.1, -0.05) is 5.16 Å². The first-order valence-electron chi connectivity index (χ1n) is 6.27. The van der Waals surface area contributed by atoms with Crippen LogP contribution >= 0.6 is 11.3 Å². The van der Waals surface area contributed by atoms with Crippen LogP contribution in [0, 0.1) is 12.8 Å². The molecule has 0 aliphatic heterocycles. The molecule has 0 bridgehead atoms. The highest BCUT2D eigenvalue weighted by Gasteiger charge is 2.45. The first kappa shape index (κ1) is 12.3. The van der Waals surface area contributed by atoms with Crippen LogP contribution in [0.25, 0.3) is 0 Å². The number of thiophene rings is 1. The van der Waals surface area contributed by atoms with Gasteiger partial charge in [0.25, 0.3) is 0 Å². The van der Waals surface area contributed by atoms with E-state index in [1.54, 1.807) is 11.3 Å². The van der Waals surface area contributed by atoms with Crippen LogP contribution < -0.4 is 5.32 Å². The van der Waals surface area contributed by atoms with Gasteiger partial charge in [0, 0.05) is 16.7 Å². The lowest BCUT2D eigenvalue weighted by atomic mass is 10.2. The quantitative estimate of drug-likeness (QED) is 0.932. The fraction of sp³-hybridized carbons (Fsp3) is 0.462. The van der Waals surface area contributed by atoms with E-state index in [0.29, 0.717) is 11.7 Å². The monoisotopic (exact) mass is 277 g/mol. The fourth-order valence-electron chi connectivity index (χ4n) is 2.29. The van der Waals surface area contributed by atoms with Crippen LogP contribution in [0.5, 0.6) is 0 Å². The average molecular weight is 277 g/mol. The molecule has 0 aromatic carbocycles. The maximum Gasteiger partial charge on any atom is 0.224 e. The number of hydrogen-bond acceptors (Lipinski definition) is 5. The van der Waals surface area contributed by atoms with Crippen molar-refractivity contribution in [1.82, 2.24) is 15.5 Å². The molecule has 0 unspecified atom stereocenters. The van der Waals surface area contributed by atoms with Crippen molar-refractivity contribution in [2.75, 3.05) is 0 Å². The second-order valence-corrected chi connectivity index (χ2v) is 5.88. The molecule has 0 spiro atoms. The van der Waals surface area contributed by atoms with E-state index in [9.17, 15) is 4.79 Å². The van der Waals surface area contributed by atoms with Crippen molar-refractivity contribution in [2.45, 2.75) is 32.2 Å². The number of carbonyl (C=O) groups excluding carboxylic acids is 1. The molecule has 2 heterocycles. The minimum atomic E-state index is -0.211. The van der Waals surface area contributed by atoms with Gasteiger partial charge in [-0.2, -0.15) is 4.98 Å². The van der Waals surface area contributed by atoms with E-state index in [0.717, 1.165) is 6.42 Å². The molecular weight excluding hydrogens is 262 g/mol. The second kappa shape index (κ2) is 4.77. The number of aryl methyl sites for hydroxylation is 1. The van der Waals surface area contributed by atoms with Crippen LogP contribution in [0.1, 0.15) is 41.6 Å². The molecule has 19 heavy (non-hydrogen) atoms. The van der Waals surface area contributed by atoms with Gasteiger partial charge in [-0.05, 0) is 37.3 Å². The maximum absolute atomic E-state index is 12.1. The summed E-state index contributed by atoms with van der Waals surface area (Å²) < 4.78 is 4.68. The summed E-state index contributed by atoms with van der Waals surface area (Å²) >= 11 is 1.74. The highest BCUT2D eigenvalue weighted by molar-refractivity contribution is 7.10. The number of nitrogens with one attached hydrogen (secondary N) is 1. The van der Waals surface area contributed by atoms with E-state index >= 15 is 0 Å². The van der Waals surface area contributed by atoms with Crippen LogP contribution in [-0.4, -0.2) is 16.0 Å². The average Bonchev–Trinajstić information content (AvgIpc) is 2.81. The van der Waals surface area contributed by atoms with Gasteiger partial charge >= 0.3 is 0 Å². The minimum Gasteiger partial charge on any atom is -0.346 e. The zero-order valence-electron chi connectivity index (χ0n) is 10.8. The molecule has 1 fully saturated rings. The van der Waals surface area contributed by atoms with Crippen LogP contribution in [0.15, 0.2) is 22.4 Å². The van der Waals surface area contributed by atoms with Crippen molar-refractivity contribution in [3.8, 4) is 0 Å². The van der Waals surface area contributed by atoms with Crippen molar-refractivity contribution in [2.24, 2.45) is 5.92 Å². The Bertz CT molecular complexity index is 578. The molecule has 3 atom stereocenters. The Hall–Kier alpha value is -1.69. The normalized spacial score (nSPS) is 23.1. The predicted octanol–water partition coefficient (Wildman–Crippen LogP) is 2.42. The third-order valence-electron chi connectivity index (χ3n) is 3.49. The molecule has 5 nitrogen and oxygen atoms in total. The number of nitrogens with zero attached hydrogens (tertiary/aromatic N) is 2. The van der Waals surface area contributed by atoms with E-state index in [4.69, 9.17) is 0 Å². The van der Waals surface area contributed by atoms with Crippen LogP contribution in [0.2, 0.25) is 0 Å². The Labute approximate surface area is 115 Å². The number of rotatable bonds is 4. The lowest BCUT2D eigenvalue weighted by Crippen LogP contribution is -2.29. The number of hydrogen-bond donors (Lipinski definition) is 1. The largest absolute Gasteiger partial charge is 0.346 e. The molecule has 1 amide bonds. The number of amides is 1. The van der Waals surface area contributed by atoms with Crippen molar-refractivity contribution in [3.63, 3.8) is 0 Å². The molecule has 2 aromatic rings. The Kier molecular flexibility index (Phi) is 3.10. The van der Waals surface area contributed by atoms with Crippen LogP contribution in [0.3, 0.4) is 0 Å². The minimum absolute atomic E-state index is 0.0788. The topological polar surface area (TPSA) is 68.0 Å². The third-order valence-corrected chi connectivity index (χ3v) is 4.64. The smallest absolute Gasteiger partial charge is 0.224 e. The zero-order valence-corrected chi connectivity index (χ0v) is 11.6. The second-order valence-electron chi connectivity index (χ2n) is 4.94. The molecule has 1 aliphatic rings. The predicted molar refractivity (Wildman–Crippen MR) is 70.8 cm³/mol. The van der Waals surface area contributed by atoms with E-state index < -0.39 is 0 Å². The van der Waals surface area contributed by atoms with Gasteiger partial charge in [0.15, 0.2) is 5.82 Å². The lowest BCUT2D eigenvalue weighted by molar-refractivity contribution is -0.123. The highest BCUT2D eigenvalue weighted by atomic mass is 32.1. The van der Waals surface area contributed by atoms with Gasteiger partial charge in [0.2, 0.25) is 12.3 Å². The zero-order chi connectivity index (χ0) is 13.4. The summed E-state index contributed by atoms with van der Waals surface area (Å²) in [7, 11) is 0. The molecule has 6 heteroatoms. The van der Waals surface area contributed by atoms with Crippen LogP contribution in [0.4, 0.5) is 0 Å². The summed E-state index contributed by atoms with van der Waals surface area (Å²) in [6.45, 7) is 3.96. The number of carbonyl (C=O) groups is 1. The summed E-state index contributed by atoms with van der Waals surface area (Å²) in [6, 6.07) is 1.90. The molecule has 3 rings (SSSR count). The SMILES string of the molecule is Cc1ccsc1[C@@H]1C[C@@H]1C(=O)N[C@@H](C)c1ncon1. The molecule has 0 saturated heterocycles. The highest BCUT2D eigenvalue weighted by Crippen LogP contribution is 2.50. The maximum atomic E-state index is 12.1. The molecule has 0 radical (unpaired) electrons. The van der Waals surface area contributed by atoms with Gasteiger partial charge in [0.1, 0.15) is 0 Å². The first-order chi connectivity index (χ1) is 9.16. The molecular formula is C13H15N3O2S. The van der Waals surface area contributed by atoms with Gasteiger partial charge in [-0.15, -0.1) is 11.3 Å². The van der Waals surface area contributed by atoms with Crippen molar-refractivity contribution in [1.29, 1.82) is 0 Å². The Balaban J connectivity index is 1.60. The molecule has 1 N–H and O–H groups in total. The Morgan fingerprint density at radius 2 is 2.47 bits per heavy atom. The summed E-state index contributed by atoms with van der Waals surface area (Å²) in [6.07, 6.45) is 2.21. The van der Waals surface area contributed by atoms with Crippen molar-refractivity contribution >= 4 is 17.2 Å². The van der Waals surface area contributed by atoms with Gasteiger partial charge < -0.3 is 9.84 Å². The van der Waals surface area contributed by atoms with Crippen molar-refractivity contribution in [3.05, 3.63) is 34.1 Å². The molecule has 1 saturated carbocycles. The van der Waals surface area contributed by atoms with Gasteiger partial charge in [0.05, 0.1) is 6.04 Å². The number of aromatic nitrogens is 2. The standard InChI is InChI=1S/C13H15N3O2S/c1-7-3-4-19-11(7)9-5-10(9)13(17)15-8(2)12-14-6-18-16-12/h3-4,6,8-10H,5H2,1-2H3,(H,15,17)/t8-,9+,10-/m0/s1. The van der Waals surface area contributed by atoms with E-state index in [1.165, 1.54) is 16.8 Å². The third kappa shape index (κ3) is 2.40. The van der Waals surface area contributed by atoms with E-state index in [1.807, 2.05) is 6.92 Å². The Morgan fingerprint density at radius 1 is 1.63 bits per heavy atom. The Morgan fingerprint density at radius 3 is 3.11 bits per heavy atom. The van der Waals surface area contributed by atoms with Gasteiger partial charge in [-0.3, -0.25) is 4.79 Å². The van der Waals surface area contributed by atoms with E-state index in [-0.39, 0.29) is 17.9 Å². The van der Waals surface area contributed by atoms with Crippen LogP contribution in [-0.2, 0) is 4.79 Å². The lowest BCUT2D eigenvalue weighted by Gasteiger charge is -2.09. The fourth-order valence-corrected chi connectivity index (χ4v) is 3.40. The summed E-state index contributed by atoms with van der Waals surface area (Å²) in [4.78, 5) is 17.4. The summed E-state index contributed by atoms with van der Waals surface area (Å²) in [5.74, 6) is 1.07. The molecule has 2 aromatic heterocycles. The van der Waals surface area contributed by atoms with E-state index in [2.05, 4.69) is 38.4 Å².